The van der Waals surface area contributed by atoms with Crippen LogP contribution in [0.2, 0.25) is 0 Å². The number of hydrogen-bond donors (Lipinski definition) is 2. The molecule has 1 aromatic carbocycles. The van der Waals surface area contributed by atoms with Crippen LogP contribution >= 0.6 is 0 Å². The maximum absolute atomic E-state index is 9.76. The van der Waals surface area contributed by atoms with Crippen molar-refractivity contribution in [1.29, 1.82) is 0 Å². The summed E-state index contributed by atoms with van der Waals surface area (Å²) in [6, 6.07) is 8.03. The largest absolute Gasteiger partial charge is 0.395 e. The molecule has 0 amide bonds. The summed E-state index contributed by atoms with van der Waals surface area (Å²) in [6.07, 6.45) is 3.00. The highest BCUT2D eigenvalue weighted by molar-refractivity contribution is 5.33. The molecule has 102 valence electrons. The molecular weight excluding hydrogens is 224 g/mol. The lowest BCUT2D eigenvalue weighted by Crippen LogP contribution is -2.35. The molecule has 2 heteroatoms. The van der Waals surface area contributed by atoms with Crippen molar-refractivity contribution in [1.82, 2.24) is 0 Å². The van der Waals surface area contributed by atoms with E-state index >= 15 is 0 Å². The number of aliphatic hydroxyl groups excluding tert-OH is 2. The van der Waals surface area contributed by atoms with Gasteiger partial charge >= 0.3 is 0 Å². The molecule has 0 saturated heterocycles. The molecule has 2 N–H and O–H groups in total. The quantitative estimate of drug-likeness (QED) is 0.781. The minimum absolute atomic E-state index is 0.00640. The minimum Gasteiger partial charge on any atom is -0.395 e. The third kappa shape index (κ3) is 3.56. The molecule has 1 rings (SSSR count). The van der Waals surface area contributed by atoms with E-state index < -0.39 is 5.41 Å². The van der Waals surface area contributed by atoms with Crippen molar-refractivity contribution in [3.8, 4) is 0 Å². The predicted molar refractivity (Wildman–Crippen MR) is 75.7 cm³/mol. The van der Waals surface area contributed by atoms with Crippen LogP contribution in [0.1, 0.15) is 44.2 Å². The first-order valence-electron chi connectivity index (χ1n) is 6.83. The van der Waals surface area contributed by atoms with Crippen molar-refractivity contribution >= 4 is 0 Å². The Bertz CT molecular complexity index is 354. The normalized spacial score (nSPS) is 12.1. The van der Waals surface area contributed by atoms with Crippen LogP contribution in [-0.4, -0.2) is 23.4 Å². The van der Waals surface area contributed by atoms with E-state index in [9.17, 15) is 10.2 Å². The second-order valence-corrected chi connectivity index (χ2v) is 5.70. The Morgan fingerprint density at radius 3 is 2.22 bits per heavy atom. The summed E-state index contributed by atoms with van der Waals surface area (Å²) in [5.74, 6) is 0.664. The van der Waals surface area contributed by atoms with Gasteiger partial charge in [-0.3, -0.25) is 0 Å². The van der Waals surface area contributed by atoms with E-state index in [1.54, 1.807) is 0 Å². The van der Waals surface area contributed by atoms with E-state index in [-0.39, 0.29) is 13.2 Å². The molecule has 1 aromatic rings. The lowest BCUT2D eigenvalue weighted by atomic mass is 9.75. The van der Waals surface area contributed by atoms with Gasteiger partial charge < -0.3 is 10.2 Å². The fraction of sp³-hybridized carbons (Fsp3) is 0.625. The number of aryl methyl sites for hydroxylation is 1. The van der Waals surface area contributed by atoms with Gasteiger partial charge in [-0.05, 0) is 30.4 Å². The van der Waals surface area contributed by atoms with Gasteiger partial charge in [0, 0.05) is 5.41 Å². The summed E-state index contributed by atoms with van der Waals surface area (Å²) in [5.41, 5.74) is 1.74. The predicted octanol–water partition coefficient (Wildman–Crippen LogP) is 3.04. The molecule has 0 aliphatic carbocycles. The molecule has 0 heterocycles. The van der Waals surface area contributed by atoms with Gasteiger partial charge in [-0.2, -0.15) is 0 Å². The smallest absolute Gasteiger partial charge is 0.0550 e. The lowest BCUT2D eigenvalue weighted by molar-refractivity contribution is 0.106. The monoisotopic (exact) mass is 250 g/mol. The molecule has 0 spiro atoms. The third-order valence-electron chi connectivity index (χ3n) is 3.76. The first-order valence-corrected chi connectivity index (χ1v) is 6.83. The van der Waals surface area contributed by atoms with Gasteiger partial charge in [0.25, 0.3) is 0 Å². The zero-order valence-corrected chi connectivity index (χ0v) is 11.8. The fourth-order valence-electron chi connectivity index (χ4n) is 2.53. The van der Waals surface area contributed by atoms with Crippen LogP contribution in [0.4, 0.5) is 0 Å². The highest BCUT2D eigenvalue weighted by Crippen LogP contribution is 2.32. The Morgan fingerprint density at radius 1 is 1.11 bits per heavy atom. The molecule has 0 aromatic heterocycles. The topological polar surface area (TPSA) is 40.5 Å². The zero-order chi connectivity index (χ0) is 13.6. The van der Waals surface area contributed by atoms with Crippen molar-refractivity contribution in [2.45, 2.75) is 45.4 Å². The number of benzene rings is 1. The van der Waals surface area contributed by atoms with E-state index in [1.165, 1.54) is 0 Å². The van der Waals surface area contributed by atoms with Crippen LogP contribution in [0.3, 0.4) is 0 Å². The standard InChI is InChI=1S/C16H26O2/c1-13(2)7-6-10-16(11-17,12-18)15-9-5-4-8-14(15)3/h4-5,8-9,13,17-18H,6-7,10-12H2,1-3H3. The Kier molecular flexibility index (Phi) is 5.83. The van der Waals surface area contributed by atoms with Gasteiger partial charge in [0.2, 0.25) is 0 Å². The summed E-state index contributed by atoms with van der Waals surface area (Å²) >= 11 is 0. The molecule has 2 nitrogen and oxygen atoms in total. The molecule has 0 aliphatic rings. The van der Waals surface area contributed by atoms with Crippen LogP contribution in [-0.2, 0) is 5.41 Å². The molecular formula is C16H26O2. The SMILES string of the molecule is Cc1ccccc1C(CO)(CO)CCCC(C)C. The highest BCUT2D eigenvalue weighted by Gasteiger charge is 2.31. The van der Waals surface area contributed by atoms with E-state index in [4.69, 9.17) is 0 Å². The summed E-state index contributed by atoms with van der Waals surface area (Å²) in [4.78, 5) is 0. The molecule has 0 atom stereocenters. The van der Waals surface area contributed by atoms with E-state index in [0.29, 0.717) is 5.92 Å². The van der Waals surface area contributed by atoms with Gasteiger partial charge in [0.1, 0.15) is 0 Å². The van der Waals surface area contributed by atoms with Crippen LogP contribution in [0, 0.1) is 12.8 Å². The highest BCUT2D eigenvalue weighted by atomic mass is 16.3. The first-order chi connectivity index (χ1) is 8.55. The van der Waals surface area contributed by atoms with Gasteiger partial charge in [-0.25, -0.2) is 0 Å². The maximum Gasteiger partial charge on any atom is 0.0550 e. The van der Waals surface area contributed by atoms with Crippen LogP contribution in [0.15, 0.2) is 24.3 Å². The maximum atomic E-state index is 9.76. The van der Waals surface area contributed by atoms with Gasteiger partial charge in [0.15, 0.2) is 0 Å². The molecule has 18 heavy (non-hydrogen) atoms. The van der Waals surface area contributed by atoms with Crippen molar-refractivity contribution in [2.75, 3.05) is 13.2 Å². The van der Waals surface area contributed by atoms with E-state index in [2.05, 4.69) is 13.8 Å². The van der Waals surface area contributed by atoms with E-state index in [1.807, 2.05) is 31.2 Å². The van der Waals surface area contributed by atoms with Gasteiger partial charge in [0.05, 0.1) is 13.2 Å². The lowest BCUT2D eigenvalue weighted by Gasteiger charge is -2.32. The Labute approximate surface area is 111 Å². The van der Waals surface area contributed by atoms with Crippen molar-refractivity contribution in [3.63, 3.8) is 0 Å². The fourth-order valence-corrected chi connectivity index (χ4v) is 2.53. The summed E-state index contributed by atoms with van der Waals surface area (Å²) in [5, 5.41) is 19.5. The van der Waals surface area contributed by atoms with E-state index in [0.717, 1.165) is 30.4 Å². The molecule has 0 bridgehead atoms. The molecule has 0 unspecified atom stereocenters. The average Bonchev–Trinajstić information content (AvgIpc) is 2.36. The van der Waals surface area contributed by atoms with Crippen molar-refractivity contribution in [3.05, 3.63) is 35.4 Å². The Hall–Kier alpha value is -0.860. The summed E-state index contributed by atoms with van der Waals surface area (Å²) in [7, 11) is 0. The third-order valence-corrected chi connectivity index (χ3v) is 3.76. The second kappa shape index (κ2) is 6.91. The average molecular weight is 250 g/mol. The van der Waals surface area contributed by atoms with Crippen LogP contribution in [0.25, 0.3) is 0 Å². The minimum atomic E-state index is -0.486. The molecule has 0 fully saturated rings. The Morgan fingerprint density at radius 2 is 1.72 bits per heavy atom. The van der Waals surface area contributed by atoms with Crippen molar-refractivity contribution in [2.24, 2.45) is 5.92 Å². The first kappa shape index (κ1) is 15.2. The van der Waals surface area contributed by atoms with Gasteiger partial charge in [-0.1, -0.05) is 51.0 Å². The van der Waals surface area contributed by atoms with Gasteiger partial charge in [-0.15, -0.1) is 0 Å². The summed E-state index contributed by atoms with van der Waals surface area (Å²) < 4.78 is 0. The number of rotatable bonds is 7. The number of aliphatic hydroxyl groups is 2. The number of hydrogen-bond acceptors (Lipinski definition) is 2. The van der Waals surface area contributed by atoms with Crippen molar-refractivity contribution < 1.29 is 10.2 Å². The van der Waals surface area contributed by atoms with Crippen LogP contribution in [0.5, 0.6) is 0 Å². The zero-order valence-electron chi connectivity index (χ0n) is 11.8. The molecule has 0 saturated carbocycles. The Balaban J connectivity index is 2.89. The summed E-state index contributed by atoms with van der Waals surface area (Å²) in [6.45, 7) is 6.46. The van der Waals surface area contributed by atoms with Crippen LogP contribution < -0.4 is 0 Å². The molecule has 0 aliphatic heterocycles. The second-order valence-electron chi connectivity index (χ2n) is 5.70. The molecule has 0 radical (unpaired) electrons.